The molecule has 0 saturated heterocycles. The summed E-state index contributed by atoms with van der Waals surface area (Å²) in [6, 6.07) is 9.73. The molecule has 0 N–H and O–H groups in total. The van der Waals surface area contributed by atoms with Crippen LogP contribution in [0.3, 0.4) is 0 Å². The Morgan fingerprint density at radius 3 is 2.62 bits per heavy atom. The number of pyridine rings is 1. The maximum absolute atomic E-state index is 12.5. The zero-order valence-corrected chi connectivity index (χ0v) is 16.6. The van der Waals surface area contributed by atoms with Crippen molar-refractivity contribution in [1.82, 2.24) is 9.97 Å². The highest BCUT2D eigenvalue weighted by atomic mass is 32.1. The molecular weight excluding hydrogens is 390 g/mol. The van der Waals surface area contributed by atoms with E-state index in [1.54, 1.807) is 18.3 Å². The molecule has 0 spiro atoms. The Kier molecular flexibility index (Phi) is 4.94. The first-order valence-corrected chi connectivity index (χ1v) is 9.81. The van der Waals surface area contributed by atoms with E-state index >= 15 is 0 Å². The average Bonchev–Trinajstić information content (AvgIpc) is 3.20. The lowest BCUT2D eigenvalue weighted by atomic mass is 10.0. The van der Waals surface area contributed by atoms with E-state index in [1.807, 2.05) is 29.6 Å². The van der Waals surface area contributed by atoms with Crippen LogP contribution in [0.25, 0.3) is 22.0 Å². The van der Waals surface area contributed by atoms with Crippen LogP contribution in [-0.2, 0) is 14.4 Å². The molecule has 3 aromatic rings. The van der Waals surface area contributed by atoms with Crippen molar-refractivity contribution >= 4 is 34.5 Å². The Morgan fingerprint density at radius 1 is 1.14 bits per heavy atom. The van der Waals surface area contributed by atoms with Crippen LogP contribution in [-0.4, -0.2) is 40.1 Å². The molecule has 0 saturated carbocycles. The SMILES string of the molecule is CC(=O)C(C(C)=O)N1C(=O)COc2ccc(-c3csc(-c4ccccn4)n3)cc21. The smallest absolute Gasteiger partial charge is 0.266 e. The molecule has 7 nitrogen and oxygen atoms in total. The summed E-state index contributed by atoms with van der Waals surface area (Å²) in [7, 11) is 0. The molecule has 146 valence electrons. The summed E-state index contributed by atoms with van der Waals surface area (Å²) in [5.41, 5.74) is 2.62. The van der Waals surface area contributed by atoms with Gasteiger partial charge in [-0.3, -0.25) is 24.3 Å². The summed E-state index contributed by atoms with van der Waals surface area (Å²) >= 11 is 1.46. The lowest BCUT2D eigenvalue weighted by Gasteiger charge is -2.33. The molecule has 0 aliphatic carbocycles. The van der Waals surface area contributed by atoms with Crippen LogP contribution in [0.1, 0.15) is 13.8 Å². The standard InChI is InChI=1S/C21H17N3O4S/c1-12(25)20(13(2)26)24-17-9-14(6-7-18(17)28-10-19(24)27)16-11-29-21(23-16)15-5-3-4-8-22-15/h3-9,11,20H,10H2,1-2H3. The van der Waals surface area contributed by atoms with Crippen molar-refractivity contribution in [3.8, 4) is 27.7 Å². The van der Waals surface area contributed by atoms with Gasteiger partial charge in [-0.1, -0.05) is 6.07 Å². The highest BCUT2D eigenvalue weighted by molar-refractivity contribution is 7.13. The number of aromatic nitrogens is 2. The van der Waals surface area contributed by atoms with Gasteiger partial charge >= 0.3 is 0 Å². The lowest BCUT2D eigenvalue weighted by Crippen LogP contribution is -2.52. The third-order valence-electron chi connectivity index (χ3n) is 4.55. The number of benzene rings is 1. The van der Waals surface area contributed by atoms with Crippen LogP contribution in [0.5, 0.6) is 5.75 Å². The Balaban J connectivity index is 1.76. The van der Waals surface area contributed by atoms with Gasteiger partial charge < -0.3 is 4.74 Å². The molecular formula is C21H17N3O4S. The summed E-state index contributed by atoms with van der Waals surface area (Å²) in [6.45, 7) is 2.39. The molecule has 4 rings (SSSR count). The Morgan fingerprint density at radius 2 is 1.93 bits per heavy atom. The van der Waals surface area contributed by atoms with Gasteiger partial charge in [-0.2, -0.15) is 0 Å². The van der Waals surface area contributed by atoms with E-state index < -0.39 is 23.5 Å². The van der Waals surface area contributed by atoms with Gasteiger partial charge in [0.15, 0.2) is 24.2 Å². The summed E-state index contributed by atoms with van der Waals surface area (Å²) < 4.78 is 5.50. The van der Waals surface area contributed by atoms with Gasteiger partial charge in [-0.25, -0.2) is 4.98 Å². The Bertz CT molecular complexity index is 1100. The number of nitrogens with zero attached hydrogens (tertiary/aromatic N) is 3. The molecule has 0 unspecified atom stereocenters. The van der Waals surface area contributed by atoms with Gasteiger partial charge in [0.05, 0.1) is 17.1 Å². The number of amides is 1. The number of ether oxygens (including phenoxy) is 1. The highest BCUT2D eigenvalue weighted by Gasteiger charge is 2.37. The second-order valence-electron chi connectivity index (χ2n) is 6.61. The van der Waals surface area contributed by atoms with Gasteiger partial charge in [0, 0.05) is 17.1 Å². The predicted molar refractivity (Wildman–Crippen MR) is 109 cm³/mol. The van der Waals surface area contributed by atoms with Crippen molar-refractivity contribution in [3.63, 3.8) is 0 Å². The first-order valence-electron chi connectivity index (χ1n) is 8.93. The van der Waals surface area contributed by atoms with Crippen molar-refractivity contribution < 1.29 is 19.1 Å². The number of hydrogen-bond acceptors (Lipinski definition) is 7. The minimum Gasteiger partial charge on any atom is -0.482 e. The van der Waals surface area contributed by atoms with Gasteiger partial charge in [0.1, 0.15) is 10.8 Å². The molecule has 2 aromatic heterocycles. The number of fused-ring (bicyclic) bond motifs is 1. The second kappa shape index (κ2) is 7.56. The topological polar surface area (TPSA) is 89.5 Å². The minimum atomic E-state index is -1.17. The first-order chi connectivity index (χ1) is 14.0. The third-order valence-corrected chi connectivity index (χ3v) is 5.42. The molecule has 1 aromatic carbocycles. The number of hydrogen-bond donors (Lipinski definition) is 0. The van der Waals surface area contributed by atoms with Crippen molar-refractivity contribution in [2.45, 2.75) is 19.9 Å². The fourth-order valence-corrected chi connectivity index (χ4v) is 4.08. The molecule has 0 radical (unpaired) electrons. The third kappa shape index (κ3) is 3.54. The summed E-state index contributed by atoms with van der Waals surface area (Å²) in [5, 5.41) is 2.67. The van der Waals surface area contributed by atoms with E-state index in [0.29, 0.717) is 17.1 Å². The number of Topliss-reactive ketones (excluding diaryl/α,β-unsaturated/α-hetero) is 2. The van der Waals surface area contributed by atoms with Gasteiger partial charge in [0.25, 0.3) is 5.91 Å². The van der Waals surface area contributed by atoms with E-state index in [4.69, 9.17) is 4.74 Å². The van der Waals surface area contributed by atoms with E-state index in [-0.39, 0.29) is 6.61 Å². The summed E-state index contributed by atoms with van der Waals surface area (Å²) in [5.74, 6) is -0.774. The summed E-state index contributed by atoms with van der Waals surface area (Å²) in [6.07, 6.45) is 1.71. The lowest BCUT2D eigenvalue weighted by molar-refractivity contribution is -0.131. The number of thiazole rings is 1. The first kappa shape index (κ1) is 18.9. The molecule has 0 bridgehead atoms. The number of anilines is 1. The normalized spacial score (nSPS) is 13.2. The number of ketones is 2. The Labute approximate surface area is 171 Å². The zero-order valence-electron chi connectivity index (χ0n) is 15.8. The van der Waals surface area contributed by atoms with Crippen molar-refractivity contribution in [3.05, 3.63) is 48.0 Å². The van der Waals surface area contributed by atoms with Crippen LogP contribution in [0.2, 0.25) is 0 Å². The van der Waals surface area contributed by atoms with Crippen molar-refractivity contribution in [2.75, 3.05) is 11.5 Å². The second-order valence-corrected chi connectivity index (χ2v) is 7.47. The maximum atomic E-state index is 12.5. The average molecular weight is 407 g/mol. The molecule has 0 fully saturated rings. The fraction of sp³-hybridized carbons (Fsp3) is 0.190. The van der Waals surface area contributed by atoms with Gasteiger partial charge in [-0.05, 0) is 44.2 Å². The predicted octanol–water partition coefficient (Wildman–Crippen LogP) is 3.14. The zero-order chi connectivity index (χ0) is 20.5. The quantitative estimate of drug-likeness (QED) is 0.604. The van der Waals surface area contributed by atoms with Crippen LogP contribution >= 0.6 is 11.3 Å². The Hall–Kier alpha value is -3.39. The van der Waals surface area contributed by atoms with Crippen molar-refractivity contribution in [1.29, 1.82) is 0 Å². The molecule has 0 atom stereocenters. The van der Waals surface area contributed by atoms with E-state index in [0.717, 1.165) is 16.3 Å². The molecule has 29 heavy (non-hydrogen) atoms. The van der Waals surface area contributed by atoms with Crippen LogP contribution < -0.4 is 9.64 Å². The van der Waals surface area contributed by atoms with Crippen LogP contribution in [0, 0.1) is 0 Å². The number of rotatable bonds is 5. The highest BCUT2D eigenvalue weighted by Crippen LogP contribution is 2.38. The summed E-state index contributed by atoms with van der Waals surface area (Å²) in [4.78, 5) is 46.9. The molecule has 8 heteroatoms. The molecule has 1 aliphatic heterocycles. The largest absolute Gasteiger partial charge is 0.482 e. The fourth-order valence-electron chi connectivity index (χ4n) is 3.28. The maximum Gasteiger partial charge on any atom is 0.266 e. The molecule has 1 amide bonds. The van der Waals surface area contributed by atoms with Crippen LogP contribution in [0.4, 0.5) is 5.69 Å². The van der Waals surface area contributed by atoms with Crippen molar-refractivity contribution in [2.24, 2.45) is 0 Å². The van der Waals surface area contributed by atoms with Gasteiger partial charge in [-0.15, -0.1) is 11.3 Å². The minimum absolute atomic E-state index is 0.218. The monoisotopic (exact) mass is 407 g/mol. The van der Waals surface area contributed by atoms with E-state index in [9.17, 15) is 14.4 Å². The van der Waals surface area contributed by atoms with E-state index in [1.165, 1.54) is 30.1 Å². The van der Waals surface area contributed by atoms with Crippen LogP contribution in [0.15, 0.2) is 48.0 Å². The van der Waals surface area contributed by atoms with Gasteiger partial charge in [0.2, 0.25) is 0 Å². The van der Waals surface area contributed by atoms with E-state index in [2.05, 4.69) is 9.97 Å². The number of carbonyl (C=O) groups is 3. The number of carbonyl (C=O) groups excluding carboxylic acids is 3. The molecule has 3 heterocycles. The molecule has 1 aliphatic rings.